The quantitative estimate of drug-likeness (QED) is 0.0931. The molecule has 2 N–H and O–H groups in total. The summed E-state index contributed by atoms with van der Waals surface area (Å²) >= 11 is 3.52. The van der Waals surface area contributed by atoms with Crippen molar-refractivity contribution in [1.29, 1.82) is 0 Å². The number of thiazole rings is 1. The number of imide groups is 1. The van der Waals surface area contributed by atoms with E-state index >= 15 is 0 Å². The van der Waals surface area contributed by atoms with Crippen LogP contribution in [-0.4, -0.2) is 43.9 Å². The summed E-state index contributed by atoms with van der Waals surface area (Å²) in [6.07, 6.45) is 4.90. The Morgan fingerprint density at radius 1 is 1.04 bits per heavy atom. The highest BCUT2D eigenvalue weighted by atomic mass is 32.2. The number of carboxylic acid groups (broad SMARTS) is 1. The molecular weight excluding hydrogens is 663 g/mol. The van der Waals surface area contributed by atoms with E-state index in [0.717, 1.165) is 53.9 Å². The molecule has 3 fully saturated rings. The van der Waals surface area contributed by atoms with E-state index in [9.17, 15) is 29.3 Å². The number of carbonyl (C=O) groups excluding carboxylic acids is 3. The largest absolute Gasteiger partial charge is 0.478 e. The lowest BCUT2D eigenvalue weighted by Gasteiger charge is -2.19. The minimum atomic E-state index is -1.06. The van der Waals surface area contributed by atoms with Crippen LogP contribution in [0.4, 0.5) is 17.1 Å². The number of amidine groups is 1. The maximum absolute atomic E-state index is 13.1. The summed E-state index contributed by atoms with van der Waals surface area (Å²) in [6.45, 7) is 0. The number of benzene rings is 3. The van der Waals surface area contributed by atoms with Gasteiger partial charge >= 0.3 is 5.97 Å². The number of aliphatic imine (C=N–C) groups is 1. The van der Waals surface area contributed by atoms with E-state index in [-0.39, 0.29) is 39.8 Å². The van der Waals surface area contributed by atoms with Crippen LogP contribution in [0.15, 0.2) is 79.8 Å². The Morgan fingerprint density at radius 2 is 1.77 bits per heavy atom. The molecule has 236 valence electrons. The van der Waals surface area contributed by atoms with Gasteiger partial charge < -0.3 is 10.4 Å². The van der Waals surface area contributed by atoms with Gasteiger partial charge in [-0.15, -0.1) is 11.3 Å². The Bertz CT molecular complexity index is 2050. The Kier molecular flexibility index (Phi) is 8.11. The van der Waals surface area contributed by atoms with Gasteiger partial charge in [-0.2, -0.15) is 0 Å². The predicted octanol–water partition coefficient (Wildman–Crippen LogP) is 6.63. The monoisotopic (exact) mass is 685 g/mol. The number of rotatable bonds is 7. The number of nitrogens with one attached hydrogen (secondary N) is 1. The van der Waals surface area contributed by atoms with Crippen molar-refractivity contribution < 1.29 is 29.2 Å². The van der Waals surface area contributed by atoms with Crippen LogP contribution in [0.1, 0.15) is 41.6 Å². The van der Waals surface area contributed by atoms with Gasteiger partial charge in [-0.25, -0.2) is 14.8 Å². The molecule has 7 rings (SSSR count). The number of hydrogen-bond acceptors (Lipinski definition) is 11. The van der Waals surface area contributed by atoms with Crippen molar-refractivity contribution in [3.63, 3.8) is 0 Å². The SMILES string of the molecule is O=C1NC(=Nc2ccc(C(=O)O)cc2)S/C1=C\c1ccc(Sc2nc3ccc(N4C(=O)[C@H]5CCCC[C@H]5C4=O)cc3s2)c([N+](=O)[O-])c1. The van der Waals surface area contributed by atoms with E-state index in [0.29, 0.717) is 36.9 Å². The van der Waals surface area contributed by atoms with Crippen molar-refractivity contribution in [1.82, 2.24) is 10.3 Å². The first kappa shape index (κ1) is 30.8. The van der Waals surface area contributed by atoms with Crippen molar-refractivity contribution in [2.45, 2.75) is 34.9 Å². The minimum Gasteiger partial charge on any atom is -0.478 e. The first-order valence-corrected chi connectivity index (χ1v) is 17.0. The van der Waals surface area contributed by atoms with Crippen molar-refractivity contribution >= 4 is 97.1 Å². The molecule has 0 radical (unpaired) electrons. The smallest absolute Gasteiger partial charge is 0.335 e. The van der Waals surface area contributed by atoms with E-state index in [4.69, 9.17) is 5.11 Å². The average molecular weight is 686 g/mol. The normalized spacial score (nSPS) is 21.1. The Morgan fingerprint density at radius 3 is 2.45 bits per heavy atom. The molecule has 3 aromatic carbocycles. The second-order valence-corrected chi connectivity index (χ2v) is 14.4. The van der Waals surface area contributed by atoms with Crippen LogP contribution >= 0.6 is 34.9 Å². The fourth-order valence-corrected chi connectivity index (χ4v) is 8.85. The van der Waals surface area contributed by atoms with Gasteiger partial charge in [0.1, 0.15) is 0 Å². The highest BCUT2D eigenvalue weighted by Gasteiger charge is 2.48. The average Bonchev–Trinajstić information content (AvgIpc) is 3.70. The van der Waals surface area contributed by atoms with E-state index in [1.165, 1.54) is 52.6 Å². The molecule has 0 bridgehead atoms. The zero-order chi connectivity index (χ0) is 32.8. The van der Waals surface area contributed by atoms with Gasteiger partial charge in [-0.05, 0) is 84.8 Å². The number of nitro benzene ring substituents is 1. The van der Waals surface area contributed by atoms with Gasteiger partial charge in [0, 0.05) is 6.07 Å². The van der Waals surface area contributed by atoms with Crippen LogP contribution in [0.2, 0.25) is 0 Å². The van der Waals surface area contributed by atoms with Crippen molar-refractivity contribution in [3.8, 4) is 0 Å². The zero-order valence-electron chi connectivity index (χ0n) is 24.2. The van der Waals surface area contributed by atoms with Gasteiger partial charge in [0.05, 0.1) is 53.7 Å². The lowest BCUT2D eigenvalue weighted by Crippen LogP contribution is -2.30. The second-order valence-electron chi connectivity index (χ2n) is 11.1. The van der Waals surface area contributed by atoms with Gasteiger partial charge in [-0.1, -0.05) is 30.7 Å². The standard InChI is InChI=1S/C32H23N5O7S3/c38-27-26(45-31(35-27)33-18-8-6-17(7-9-18)30(41)42)14-16-5-12-24(23(13-16)37(43)44)46-32-34-22-11-10-19(15-25(22)47-32)36-28(39)20-3-1-2-4-21(20)29(36)40/h5-15,20-21H,1-4H2,(H,41,42)(H,33,35,38)/b26-14-/t20-,21+. The number of carbonyl (C=O) groups is 4. The van der Waals surface area contributed by atoms with Crippen LogP contribution in [0, 0.1) is 22.0 Å². The van der Waals surface area contributed by atoms with Crippen LogP contribution in [0.25, 0.3) is 16.3 Å². The van der Waals surface area contributed by atoms with Gasteiger partial charge in [0.2, 0.25) is 11.8 Å². The maximum Gasteiger partial charge on any atom is 0.335 e. The minimum absolute atomic E-state index is 0.114. The molecule has 3 aliphatic rings. The van der Waals surface area contributed by atoms with E-state index in [1.807, 2.05) is 0 Å². The molecule has 1 saturated carbocycles. The summed E-state index contributed by atoms with van der Waals surface area (Å²) in [4.78, 5) is 72.3. The van der Waals surface area contributed by atoms with Crippen LogP contribution < -0.4 is 10.2 Å². The number of amides is 3. The number of fused-ring (bicyclic) bond motifs is 2. The fourth-order valence-electron chi connectivity index (χ4n) is 5.87. The van der Waals surface area contributed by atoms with E-state index < -0.39 is 16.8 Å². The number of thioether (sulfide) groups is 1. The fraction of sp³-hybridized carbons (Fsp3) is 0.188. The number of anilines is 1. The van der Waals surface area contributed by atoms with E-state index in [1.54, 1.807) is 30.3 Å². The second kappa shape index (κ2) is 12.4. The lowest BCUT2D eigenvalue weighted by molar-refractivity contribution is -0.387. The number of carboxylic acids is 1. The topological polar surface area (TPSA) is 172 Å². The Hall–Kier alpha value is -4.86. The summed E-state index contributed by atoms with van der Waals surface area (Å²) in [6, 6.07) is 15.8. The van der Waals surface area contributed by atoms with Crippen LogP contribution in [-0.2, 0) is 14.4 Å². The van der Waals surface area contributed by atoms with Crippen LogP contribution in [0.3, 0.4) is 0 Å². The molecule has 3 heterocycles. The predicted molar refractivity (Wildman–Crippen MR) is 179 cm³/mol. The molecule has 2 saturated heterocycles. The maximum atomic E-state index is 13.1. The molecule has 0 unspecified atom stereocenters. The number of nitro groups is 1. The number of hydrogen-bond donors (Lipinski definition) is 2. The third-order valence-electron chi connectivity index (χ3n) is 8.12. The molecule has 0 spiro atoms. The molecule has 1 aliphatic carbocycles. The summed E-state index contributed by atoms with van der Waals surface area (Å²) in [5.74, 6) is -2.26. The molecule has 4 aromatic rings. The number of aromatic carboxylic acids is 1. The van der Waals surface area contributed by atoms with Gasteiger partial charge in [0.25, 0.3) is 11.6 Å². The third-order valence-corrected chi connectivity index (χ3v) is 11.2. The van der Waals surface area contributed by atoms with Crippen LogP contribution in [0.5, 0.6) is 0 Å². The summed E-state index contributed by atoms with van der Waals surface area (Å²) in [7, 11) is 0. The molecular formula is C32H23N5O7S3. The van der Waals surface area contributed by atoms with E-state index in [2.05, 4.69) is 15.3 Å². The lowest BCUT2D eigenvalue weighted by atomic mass is 9.81. The third kappa shape index (κ3) is 6.04. The highest BCUT2D eigenvalue weighted by Crippen LogP contribution is 2.43. The molecule has 2 aliphatic heterocycles. The molecule has 15 heteroatoms. The van der Waals surface area contributed by atoms with Crippen molar-refractivity contribution in [2.75, 3.05) is 4.90 Å². The highest BCUT2D eigenvalue weighted by molar-refractivity contribution is 8.18. The Labute approximate surface area is 279 Å². The van der Waals surface area contributed by atoms with Gasteiger partial charge in [-0.3, -0.25) is 29.4 Å². The summed E-state index contributed by atoms with van der Waals surface area (Å²) in [5.41, 5.74) is 2.03. The number of aromatic nitrogens is 1. The molecule has 47 heavy (non-hydrogen) atoms. The first-order valence-electron chi connectivity index (χ1n) is 14.5. The molecule has 3 amide bonds. The molecule has 2 atom stereocenters. The zero-order valence-corrected chi connectivity index (χ0v) is 26.7. The molecule has 1 aromatic heterocycles. The van der Waals surface area contributed by atoms with Crippen molar-refractivity contribution in [2.24, 2.45) is 16.8 Å². The van der Waals surface area contributed by atoms with Crippen molar-refractivity contribution in [3.05, 3.63) is 86.8 Å². The van der Waals surface area contributed by atoms with Gasteiger partial charge in [0.15, 0.2) is 9.51 Å². The summed E-state index contributed by atoms with van der Waals surface area (Å²) < 4.78 is 1.31. The first-order chi connectivity index (χ1) is 22.6. The molecule has 12 nitrogen and oxygen atoms in total. The number of nitrogens with zero attached hydrogens (tertiary/aromatic N) is 4. The summed E-state index contributed by atoms with van der Waals surface area (Å²) in [5, 5.41) is 24.1. The Balaban J connectivity index is 1.09.